The molecule has 57 heavy (non-hydrogen) atoms. The van der Waals surface area contributed by atoms with Crippen LogP contribution in [0.15, 0.2) is 82.6 Å². The smallest absolute Gasteiger partial charge is 0.242 e. The minimum absolute atomic E-state index is 0.0169. The number of rotatable bonds is 10. The first-order valence-electron chi connectivity index (χ1n) is 18.7. The first-order chi connectivity index (χ1) is 27.1. The number of carbonyl (C=O) groups is 4. The van der Waals surface area contributed by atoms with Gasteiger partial charge in [-0.2, -0.15) is 9.44 Å². The summed E-state index contributed by atoms with van der Waals surface area (Å²) < 4.78 is 58.3. The number of nitrogens with zero attached hydrogens (tertiary/aromatic N) is 4. The third-order valence-electron chi connectivity index (χ3n) is 11.4. The van der Waals surface area contributed by atoms with Gasteiger partial charge >= 0.3 is 0 Å². The van der Waals surface area contributed by atoms with Crippen molar-refractivity contribution in [1.29, 1.82) is 0 Å². The molecule has 0 radical (unpaired) electrons. The van der Waals surface area contributed by atoms with Gasteiger partial charge in [0, 0.05) is 36.2 Å². The predicted molar refractivity (Wildman–Crippen MR) is 213 cm³/mol. The van der Waals surface area contributed by atoms with E-state index in [-0.39, 0.29) is 59.9 Å². The summed E-state index contributed by atoms with van der Waals surface area (Å²) in [5.74, 6) is -1.50. The van der Waals surface area contributed by atoms with Gasteiger partial charge in [-0.15, -0.1) is 0 Å². The Kier molecular flexibility index (Phi) is 10.7. The number of piperidine rings is 2. The Morgan fingerprint density at radius 3 is 1.39 bits per heavy atom. The van der Waals surface area contributed by atoms with E-state index >= 15 is 0 Å². The van der Waals surface area contributed by atoms with Gasteiger partial charge in [-0.25, -0.2) is 16.8 Å². The van der Waals surface area contributed by atoms with Crippen molar-refractivity contribution in [2.75, 3.05) is 39.3 Å². The summed E-state index contributed by atoms with van der Waals surface area (Å²) in [7, 11) is -8.10. The molecule has 4 aromatic rings. The van der Waals surface area contributed by atoms with Crippen molar-refractivity contribution >= 4 is 88.4 Å². The maximum Gasteiger partial charge on any atom is 0.242 e. The Bertz CT molecular complexity index is 2370. The lowest BCUT2D eigenvalue weighted by Crippen LogP contribution is -2.58. The van der Waals surface area contributed by atoms with E-state index in [1.54, 1.807) is 58.3 Å². The van der Waals surface area contributed by atoms with Crippen molar-refractivity contribution in [2.45, 2.75) is 66.1 Å². The van der Waals surface area contributed by atoms with Crippen LogP contribution in [0.1, 0.15) is 32.1 Å². The molecule has 4 aliphatic rings. The number of amides is 4. The Hall–Kier alpha value is -4.32. The molecule has 4 saturated heterocycles. The summed E-state index contributed by atoms with van der Waals surface area (Å²) in [5.41, 5.74) is 0. The Labute approximate surface area is 340 Å². The average molecular weight is 856 g/mol. The molecule has 8 rings (SSSR count). The minimum Gasteiger partial charge on any atom is -0.334 e. The van der Waals surface area contributed by atoms with Crippen LogP contribution in [0.2, 0.25) is 10.0 Å². The van der Waals surface area contributed by atoms with Gasteiger partial charge in [-0.3, -0.25) is 19.2 Å². The average Bonchev–Trinajstić information content (AvgIpc) is 3.79. The maximum absolute atomic E-state index is 13.5. The van der Waals surface area contributed by atoms with Crippen LogP contribution in [0.4, 0.5) is 0 Å². The molecule has 2 N–H and O–H groups in total. The minimum atomic E-state index is -4.05. The van der Waals surface area contributed by atoms with Crippen LogP contribution in [0, 0.1) is 0 Å². The van der Waals surface area contributed by atoms with E-state index in [0.29, 0.717) is 66.0 Å². The summed E-state index contributed by atoms with van der Waals surface area (Å²) in [4.78, 5) is 60.2. The summed E-state index contributed by atoms with van der Waals surface area (Å²) in [5, 5.41) is 3.99. The highest BCUT2D eigenvalue weighted by molar-refractivity contribution is 7.89. The van der Waals surface area contributed by atoms with E-state index in [4.69, 9.17) is 23.2 Å². The van der Waals surface area contributed by atoms with Gasteiger partial charge in [0.25, 0.3) is 0 Å². The molecule has 4 atom stereocenters. The second-order valence-corrected chi connectivity index (χ2v) is 19.4. The molecule has 4 fully saturated rings. The maximum atomic E-state index is 13.5. The lowest BCUT2D eigenvalue weighted by atomic mass is 10.1. The van der Waals surface area contributed by atoms with Crippen LogP contribution in [0.5, 0.6) is 0 Å². The highest BCUT2D eigenvalue weighted by Gasteiger charge is 2.48. The fraction of sp³-hybridized carbons (Fsp3) is 0.385. The van der Waals surface area contributed by atoms with Crippen molar-refractivity contribution < 1.29 is 36.0 Å². The molecule has 0 aromatic heterocycles. The molecule has 0 spiro atoms. The monoisotopic (exact) mass is 854 g/mol. The van der Waals surface area contributed by atoms with Crippen LogP contribution < -0.4 is 9.44 Å². The number of hydrogen-bond donors (Lipinski definition) is 2. The molecule has 0 saturated carbocycles. The van der Waals surface area contributed by atoms with Crippen molar-refractivity contribution in [3.8, 4) is 0 Å². The Morgan fingerprint density at radius 1 is 0.596 bits per heavy atom. The van der Waals surface area contributed by atoms with E-state index in [2.05, 4.69) is 9.44 Å². The van der Waals surface area contributed by atoms with Gasteiger partial charge in [0.15, 0.2) is 0 Å². The molecule has 18 heteroatoms. The quantitative estimate of drug-likeness (QED) is 0.245. The van der Waals surface area contributed by atoms with E-state index in [1.807, 2.05) is 0 Å². The van der Waals surface area contributed by atoms with Crippen molar-refractivity contribution in [3.05, 3.63) is 82.8 Å². The number of likely N-dealkylation sites (tertiary alicyclic amines) is 4. The Morgan fingerprint density at radius 2 is 0.982 bits per heavy atom. The lowest BCUT2D eigenvalue weighted by molar-refractivity contribution is -0.147. The van der Waals surface area contributed by atoms with Gasteiger partial charge < -0.3 is 19.6 Å². The molecular weight excluding hydrogens is 816 g/mol. The Balaban J connectivity index is 0.837. The highest BCUT2D eigenvalue weighted by Crippen LogP contribution is 2.32. The molecule has 4 amide bonds. The number of sulfonamides is 2. The van der Waals surface area contributed by atoms with Crippen LogP contribution in [-0.2, 0) is 39.2 Å². The number of hydrogen-bond acceptors (Lipinski definition) is 8. The third kappa shape index (κ3) is 8.08. The van der Waals surface area contributed by atoms with Gasteiger partial charge in [0.1, 0.15) is 12.1 Å². The van der Waals surface area contributed by atoms with Crippen LogP contribution in [0.3, 0.4) is 0 Å². The van der Waals surface area contributed by atoms with Crippen molar-refractivity contribution in [1.82, 2.24) is 29.0 Å². The van der Waals surface area contributed by atoms with E-state index in [1.165, 1.54) is 34.1 Å². The topological polar surface area (TPSA) is 174 Å². The zero-order valence-electron chi connectivity index (χ0n) is 30.6. The van der Waals surface area contributed by atoms with Gasteiger partial charge in [0.2, 0.25) is 43.7 Å². The number of halogens is 2. The molecule has 0 aliphatic carbocycles. The number of nitrogens with one attached hydrogen (secondary N) is 2. The molecular formula is C39H40Cl2N6O8S2. The molecule has 0 unspecified atom stereocenters. The van der Waals surface area contributed by atoms with Crippen molar-refractivity contribution in [2.24, 2.45) is 0 Å². The number of fused-ring (bicyclic) bond motifs is 4. The zero-order chi connectivity index (χ0) is 40.2. The zero-order valence-corrected chi connectivity index (χ0v) is 33.8. The van der Waals surface area contributed by atoms with Crippen LogP contribution in [0.25, 0.3) is 21.5 Å². The molecule has 4 heterocycles. The first-order valence-corrected chi connectivity index (χ1v) is 22.5. The molecule has 14 nitrogen and oxygen atoms in total. The molecule has 4 aromatic carbocycles. The van der Waals surface area contributed by atoms with Crippen molar-refractivity contribution in [3.63, 3.8) is 0 Å². The van der Waals surface area contributed by atoms with E-state index in [9.17, 15) is 36.0 Å². The molecule has 300 valence electrons. The summed E-state index contributed by atoms with van der Waals surface area (Å²) >= 11 is 12.1. The second kappa shape index (κ2) is 15.5. The lowest BCUT2D eigenvalue weighted by Gasteiger charge is -2.38. The van der Waals surface area contributed by atoms with Gasteiger partial charge in [0.05, 0.1) is 35.0 Å². The first kappa shape index (κ1) is 39.5. The standard InChI is InChI=1S/C39H40Cl2N6O8S2/c40-28-9-5-26-17-32(11-7-24(26)15-28)56(52,53)42-34-3-1-13-44(38(34)50)22-36(48)46-20-31-19-30(46)21-47(31)37(49)23-45-14-2-4-35(39(45)51)43-57(54,55)33-12-8-25-16-29(41)10-6-27(25)18-33/h5-12,15-18,30-31,34-35,42-43H,1-4,13-14,19-23H2/t30-,31-,34+,35+/m1/s1. The molecule has 2 bridgehead atoms. The number of carbonyl (C=O) groups excluding carboxylic acids is 4. The normalized spacial score (nSPS) is 22.9. The number of benzene rings is 4. The van der Waals surface area contributed by atoms with E-state index < -0.39 is 43.9 Å². The number of piperazine rings is 1. The fourth-order valence-electron chi connectivity index (χ4n) is 8.43. The van der Waals surface area contributed by atoms with Crippen LogP contribution in [-0.4, -0.2) is 123 Å². The van der Waals surface area contributed by atoms with Crippen LogP contribution >= 0.6 is 23.2 Å². The van der Waals surface area contributed by atoms with Gasteiger partial charge in [-0.05, 0) is 102 Å². The highest BCUT2D eigenvalue weighted by atomic mass is 35.5. The van der Waals surface area contributed by atoms with Gasteiger partial charge in [-0.1, -0.05) is 47.5 Å². The third-order valence-corrected chi connectivity index (χ3v) is 14.8. The fourth-order valence-corrected chi connectivity index (χ4v) is 11.3. The summed E-state index contributed by atoms with van der Waals surface area (Å²) in [6.07, 6.45) is 2.16. The predicted octanol–water partition coefficient (Wildman–Crippen LogP) is 3.35. The summed E-state index contributed by atoms with van der Waals surface area (Å²) in [6.45, 7) is 0.745. The van der Waals surface area contributed by atoms with E-state index in [0.717, 1.165) is 10.8 Å². The SMILES string of the molecule is O=C1[C@@H](NS(=O)(=O)c2ccc3cc(Cl)ccc3c2)CCCN1CC(=O)N1C[C@H]2C[C@@H]1CN2C(=O)CN1CCC[C@H](NS(=O)(=O)c2ccc3cc(Cl)ccc3c2)C1=O. The molecule has 4 aliphatic heterocycles. The largest absolute Gasteiger partial charge is 0.334 e. The summed E-state index contributed by atoms with van der Waals surface area (Å²) in [6, 6.07) is 17.0. The second-order valence-electron chi connectivity index (χ2n) is 15.1.